The molecule has 0 fully saturated rings. The third-order valence-electron chi connectivity index (χ3n) is 3.58. The van der Waals surface area contributed by atoms with E-state index in [0.717, 1.165) is 22.6 Å². The fourth-order valence-electron chi connectivity index (χ4n) is 2.54. The molecule has 110 valence electrons. The second-order valence-corrected chi connectivity index (χ2v) is 5.03. The highest BCUT2D eigenvalue weighted by atomic mass is 16.7. The van der Waals surface area contributed by atoms with E-state index in [9.17, 15) is 4.79 Å². The Morgan fingerprint density at radius 1 is 1.09 bits per heavy atom. The number of ether oxygens (including phenoxy) is 2. The van der Waals surface area contributed by atoms with Gasteiger partial charge in [-0.1, -0.05) is 17.3 Å². The maximum Gasteiger partial charge on any atom is 0.375 e. The average molecular weight is 297 g/mol. The SMILES string of the molecule is O=C(O)c1onc2ccc(Cc3ccc4c(c3)OCO4)cc12. The van der Waals surface area contributed by atoms with Crippen molar-refractivity contribution in [2.24, 2.45) is 0 Å². The van der Waals surface area contributed by atoms with Crippen LogP contribution in [0, 0.1) is 0 Å². The minimum absolute atomic E-state index is 0.137. The minimum Gasteiger partial charge on any atom is -0.475 e. The first-order chi connectivity index (χ1) is 10.7. The summed E-state index contributed by atoms with van der Waals surface area (Å²) < 4.78 is 15.5. The summed E-state index contributed by atoms with van der Waals surface area (Å²) in [4.78, 5) is 11.1. The van der Waals surface area contributed by atoms with Crippen molar-refractivity contribution in [2.45, 2.75) is 6.42 Å². The Balaban J connectivity index is 1.69. The number of benzene rings is 2. The monoisotopic (exact) mass is 297 g/mol. The summed E-state index contributed by atoms with van der Waals surface area (Å²) in [5.41, 5.74) is 2.56. The largest absolute Gasteiger partial charge is 0.475 e. The van der Waals surface area contributed by atoms with Crippen LogP contribution in [0.15, 0.2) is 40.9 Å². The van der Waals surface area contributed by atoms with E-state index in [1.807, 2.05) is 24.3 Å². The molecule has 0 atom stereocenters. The van der Waals surface area contributed by atoms with E-state index in [1.54, 1.807) is 12.1 Å². The van der Waals surface area contributed by atoms with E-state index in [0.29, 0.717) is 17.3 Å². The molecule has 0 bridgehead atoms. The van der Waals surface area contributed by atoms with Crippen LogP contribution in [0.4, 0.5) is 0 Å². The molecule has 2 aromatic carbocycles. The van der Waals surface area contributed by atoms with Crippen molar-refractivity contribution in [3.63, 3.8) is 0 Å². The quantitative estimate of drug-likeness (QED) is 0.800. The molecule has 0 aliphatic carbocycles. The molecule has 0 saturated heterocycles. The number of fused-ring (bicyclic) bond motifs is 2. The lowest BCUT2D eigenvalue weighted by atomic mass is 10.0. The second-order valence-electron chi connectivity index (χ2n) is 5.03. The van der Waals surface area contributed by atoms with Crippen molar-refractivity contribution in [3.05, 3.63) is 53.3 Å². The second kappa shape index (κ2) is 4.77. The van der Waals surface area contributed by atoms with Gasteiger partial charge in [-0.25, -0.2) is 4.79 Å². The van der Waals surface area contributed by atoms with Crippen LogP contribution < -0.4 is 9.47 Å². The molecule has 1 aliphatic rings. The van der Waals surface area contributed by atoms with Gasteiger partial charge in [-0.2, -0.15) is 0 Å². The highest BCUT2D eigenvalue weighted by molar-refractivity contribution is 5.99. The molecule has 1 aliphatic heterocycles. The maximum atomic E-state index is 11.1. The molecule has 22 heavy (non-hydrogen) atoms. The van der Waals surface area contributed by atoms with Crippen LogP contribution in [-0.2, 0) is 6.42 Å². The summed E-state index contributed by atoms with van der Waals surface area (Å²) in [6.45, 7) is 0.243. The summed E-state index contributed by atoms with van der Waals surface area (Å²) >= 11 is 0. The molecular formula is C16H11NO5. The van der Waals surface area contributed by atoms with Gasteiger partial charge in [-0.3, -0.25) is 0 Å². The van der Waals surface area contributed by atoms with Crippen molar-refractivity contribution in [3.8, 4) is 11.5 Å². The van der Waals surface area contributed by atoms with Gasteiger partial charge in [-0.05, 0) is 41.8 Å². The Labute approximate surface area is 124 Å². The van der Waals surface area contributed by atoms with Gasteiger partial charge in [0.1, 0.15) is 5.52 Å². The minimum atomic E-state index is -1.12. The van der Waals surface area contributed by atoms with E-state index in [1.165, 1.54) is 0 Å². The van der Waals surface area contributed by atoms with Gasteiger partial charge in [0, 0.05) is 0 Å². The molecule has 0 amide bonds. The number of aromatic nitrogens is 1. The van der Waals surface area contributed by atoms with Crippen molar-refractivity contribution in [2.75, 3.05) is 6.79 Å². The van der Waals surface area contributed by atoms with Crippen LogP contribution in [0.1, 0.15) is 21.7 Å². The molecule has 0 radical (unpaired) electrons. The highest BCUT2D eigenvalue weighted by Crippen LogP contribution is 2.33. The number of aromatic carboxylic acids is 1. The van der Waals surface area contributed by atoms with Gasteiger partial charge in [0.2, 0.25) is 6.79 Å². The number of carbonyl (C=O) groups is 1. The van der Waals surface area contributed by atoms with Crippen molar-refractivity contribution < 1.29 is 23.9 Å². The fraction of sp³-hybridized carbons (Fsp3) is 0.125. The predicted octanol–water partition coefficient (Wildman–Crippen LogP) is 2.85. The Kier molecular flexibility index (Phi) is 2.75. The maximum absolute atomic E-state index is 11.1. The molecule has 0 spiro atoms. The normalized spacial score (nSPS) is 12.7. The Bertz CT molecular complexity index is 883. The predicted molar refractivity (Wildman–Crippen MR) is 76.3 cm³/mol. The fourth-order valence-corrected chi connectivity index (χ4v) is 2.54. The number of nitrogens with zero attached hydrogens (tertiary/aromatic N) is 1. The summed E-state index contributed by atoms with van der Waals surface area (Å²) in [5.74, 6) is 0.214. The topological polar surface area (TPSA) is 81.8 Å². The molecule has 6 nitrogen and oxygen atoms in total. The molecule has 4 rings (SSSR count). The molecule has 0 unspecified atom stereocenters. The van der Waals surface area contributed by atoms with Crippen LogP contribution in [0.5, 0.6) is 11.5 Å². The first kappa shape index (κ1) is 12.7. The lowest BCUT2D eigenvalue weighted by molar-refractivity contribution is 0.0655. The van der Waals surface area contributed by atoms with Crippen LogP contribution in [0.2, 0.25) is 0 Å². The zero-order valence-corrected chi connectivity index (χ0v) is 11.4. The van der Waals surface area contributed by atoms with Gasteiger partial charge in [0.15, 0.2) is 11.5 Å². The van der Waals surface area contributed by atoms with Crippen LogP contribution in [0.3, 0.4) is 0 Å². The molecule has 1 N–H and O–H groups in total. The number of carboxylic acid groups (broad SMARTS) is 1. The van der Waals surface area contributed by atoms with E-state index in [4.69, 9.17) is 19.1 Å². The van der Waals surface area contributed by atoms with Crippen LogP contribution in [-0.4, -0.2) is 23.0 Å². The van der Waals surface area contributed by atoms with Gasteiger partial charge < -0.3 is 19.1 Å². The molecule has 6 heteroatoms. The Morgan fingerprint density at radius 2 is 1.86 bits per heavy atom. The Hall–Kier alpha value is -3.02. The third kappa shape index (κ3) is 2.05. The smallest absolute Gasteiger partial charge is 0.375 e. The van der Waals surface area contributed by atoms with E-state index >= 15 is 0 Å². The van der Waals surface area contributed by atoms with Crippen molar-refractivity contribution >= 4 is 16.9 Å². The first-order valence-electron chi connectivity index (χ1n) is 6.71. The van der Waals surface area contributed by atoms with Crippen molar-refractivity contribution in [1.29, 1.82) is 0 Å². The third-order valence-corrected chi connectivity index (χ3v) is 3.58. The average Bonchev–Trinajstić information content (AvgIpc) is 3.12. The molecule has 2 heterocycles. The molecule has 1 aromatic heterocycles. The Morgan fingerprint density at radius 3 is 2.73 bits per heavy atom. The van der Waals surface area contributed by atoms with E-state index in [2.05, 4.69) is 5.16 Å². The number of hydrogen-bond donors (Lipinski definition) is 1. The van der Waals surface area contributed by atoms with Gasteiger partial charge in [0.25, 0.3) is 5.76 Å². The van der Waals surface area contributed by atoms with Crippen LogP contribution >= 0.6 is 0 Å². The van der Waals surface area contributed by atoms with Gasteiger partial charge >= 0.3 is 5.97 Å². The number of rotatable bonds is 3. The lowest BCUT2D eigenvalue weighted by Crippen LogP contribution is -1.94. The van der Waals surface area contributed by atoms with Gasteiger partial charge in [0.05, 0.1) is 5.39 Å². The summed E-state index contributed by atoms with van der Waals surface area (Å²) in [7, 11) is 0. The standard InChI is InChI=1S/C16H11NO5/c18-16(19)15-11-6-9(1-3-12(11)17-22-15)5-10-2-4-13-14(7-10)21-8-20-13/h1-4,6-7H,5,8H2,(H,18,19). The van der Waals surface area contributed by atoms with E-state index in [-0.39, 0.29) is 12.6 Å². The van der Waals surface area contributed by atoms with E-state index < -0.39 is 5.97 Å². The highest BCUT2D eigenvalue weighted by Gasteiger charge is 2.16. The first-order valence-corrected chi connectivity index (χ1v) is 6.71. The molecule has 3 aromatic rings. The lowest BCUT2D eigenvalue weighted by Gasteiger charge is -2.04. The number of hydrogen-bond acceptors (Lipinski definition) is 5. The summed E-state index contributed by atoms with van der Waals surface area (Å²) in [5, 5.41) is 13.3. The molecular weight excluding hydrogens is 286 g/mol. The number of carboxylic acids is 1. The molecule has 0 saturated carbocycles. The van der Waals surface area contributed by atoms with Crippen LogP contribution in [0.25, 0.3) is 10.9 Å². The zero-order valence-electron chi connectivity index (χ0n) is 11.4. The van der Waals surface area contributed by atoms with Gasteiger partial charge in [-0.15, -0.1) is 0 Å². The van der Waals surface area contributed by atoms with Crippen molar-refractivity contribution in [1.82, 2.24) is 5.16 Å². The summed E-state index contributed by atoms with van der Waals surface area (Å²) in [6, 6.07) is 11.2. The zero-order chi connectivity index (χ0) is 15.1. The summed E-state index contributed by atoms with van der Waals surface area (Å²) in [6.07, 6.45) is 0.650.